The summed E-state index contributed by atoms with van der Waals surface area (Å²) in [5.74, 6) is 0.523. The fourth-order valence-corrected chi connectivity index (χ4v) is 1.04. The molecule has 1 aromatic rings. The Morgan fingerprint density at radius 1 is 1.62 bits per heavy atom. The minimum Gasteiger partial charge on any atom is -0.508 e. The monoisotopic (exact) mass is 175 g/mol. The van der Waals surface area contributed by atoms with E-state index in [1.807, 2.05) is 0 Å². The molecule has 0 N–H and O–H groups in total. The van der Waals surface area contributed by atoms with Gasteiger partial charge in [0.15, 0.2) is 0 Å². The van der Waals surface area contributed by atoms with Crippen LogP contribution in [0.15, 0.2) is 18.2 Å². The van der Waals surface area contributed by atoms with Gasteiger partial charge < -0.3 is 9.53 Å². The second-order valence-corrected chi connectivity index (χ2v) is 2.49. The zero-order valence-electron chi connectivity index (χ0n) is 7.28. The van der Waals surface area contributed by atoms with Gasteiger partial charge in [0.05, 0.1) is 13.7 Å². The van der Waals surface area contributed by atoms with Crippen LogP contribution in [0.5, 0.6) is 5.75 Å². The number of methoxy groups -OCH3 is 1. The van der Waals surface area contributed by atoms with E-state index in [0.717, 1.165) is 11.8 Å². The number of ether oxygens (including phenoxy) is 1. The molecule has 0 bridgehead atoms. The van der Waals surface area contributed by atoms with Crippen LogP contribution in [-0.2, 0) is 11.2 Å². The Hall–Kier alpha value is -1.82. The van der Waals surface area contributed by atoms with Gasteiger partial charge in [-0.05, 0) is 11.6 Å². The molecule has 0 fully saturated rings. The summed E-state index contributed by atoms with van der Waals surface area (Å²) in [6.45, 7) is 6.84. The highest BCUT2D eigenvalue weighted by atomic mass is 16.5. The van der Waals surface area contributed by atoms with Crippen LogP contribution in [0.3, 0.4) is 0 Å². The van der Waals surface area contributed by atoms with Crippen molar-refractivity contribution in [2.24, 2.45) is 0 Å². The number of nitrogens with zero attached hydrogens (tertiary/aromatic N) is 1. The first kappa shape index (κ1) is 9.27. The molecule has 0 unspecified atom stereocenters. The van der Waals surface area contributed by atoms with Crippen molar-refractivity contribution in [2.75, 3.05) is 7.11 Å². The molecule has 0 aliphatic heterocycles. The van der Waals surface area contributed by atoms with Crippen molar-refractivity contribution >= 4 is 12.0 Å². The molecule has 1 rings (SSSR count). The third kappa shape index (κ3) is 2.06. The standard InChI is InChI=1S/C10H9NO2/c1-11-9-4-3-8(5-6-12)7-10(9)13-2/h3-4,6-7H,5H2,2H3. The number of rotatable bonds is 3. The van der Waals surface area contributed by atoms with E-state index in [4.69, 9.17) is 11.3 Å². The van der Waals surface area contributed by atoms with Crippen LogP contribution in [0.1, 0.15) is 5.56 Å². The maximum atomic E-state index is 10.2. The zero-order chi connectivity index (χ0) is 9.68. The molecule has 0 saturated heterocycles. The number of aldehydes is 1. The SMILES string of the molecule is [C-]#[N+]c1ccc(CC=O)cc1OC. The third-order valence-corrected chi connectivity index (χ3v) is 1.68. The number of carbonyl (C=O) groups excluding carboxylic acids is 1. The van der Waals surface area contributed by atoms with E-state index < -0.39 is 0 Å². The van der Waals surface area contributed by atoms with E-state index in [2.05, 4.69) is 4.85 Å². The molecular weight excluding hydrogens is 166 g/mol. The summed E-state index contributed by atoms with van der Waals surface area (Å²) >= 11 is 0. The minimum absolute atomic E-state index is 0.356. The fourth-order valence-electron chi connectivity index (χ4n) is 1.04. The average molecular weight is 175 g/mol. The molecule has 0 saturated carbocycles. The Bertz CT molecular complexity index is 352. The fraction of sp³-hybridized carbons (Fsp3) is 0.200. The third-order valence-electron chi connectivity index (χ3n) is 1.68. The summed E-state index contributed by atoms with van der Waals surface area (Å²) in [5.41, 5.74) is 1.33. The van der Waals surface area contributed by atoms with Crippen molar-refractivity contribution in [1.82, 2.24) is 0 Å². The molecule has 0 aliphatic carbocycles. The maximum Gasteiger partial charge on any atom is 0.228 e. The van der Waals surface area contributed by atoms with Gasteiger partial charge in [-0.1, -0.05) is 12.1 Å². The summed E-state index contributed by atoms with van der Waals surface area (Å²) in [4.78, 5) is 13.5. The molecule has 0 aromatic heterocycles. The van der Waals surface area contributed by atoms with Crippen molar-refractivity contribution in [1.29, 1.82) is 0 Å². The van der Waals surface area contributed by atoms with Gasteiger partial charge in [-0.25, -0.2) is 4.85 Å². The first-order chi connectivity index (χ1) is 6.31. The summed E-state index contributed by atoms with van der Waals surface area (Å²) < 4.78 is 4.99. The normalized spacial score (nSPS) is 8.92. The molecular formula is C10H9NO2. The maximum absolute atomic E-state index is 10.2. The van der Waals surface area contributed by atoms with Crippen LogP contribution in [0.4, 0.5) is 5.69 Å². The summed E-state index contributed by atoms with van der Waals surface area (Å²) in [7, 11) is 1.51. The van der Waals surface area contributed by atoms with Crippen LogP contribution >= 0.6 is 0 Å². The van der Waals surface area contributed by atoms with Crippen LogP contribution < -0.4 is 4.74 Å². The zero-order valence-corrected chi connectivity index (χ0v) is 7.28. The molecule has 0 radical (unpaired) electrons. The van der Waals surface area contributed by atoms with Gasteiger partial charge in [-0.15, -0.1) is 0 Å². The molecule has 0 aliphatic rings. The Morgan fingerprint density at radius 2 is 2.38 bits per heavy atom. The molecule has 0 heterocycles. The van der Waals surface area contributed by atoms with Crippen LogP contribution in [0.25, 0.3) is 4.85 Å². The second kappa shape index (κ2) is 4.27. The van der Waals surface area contributed by atoms with Crippen molar-refractivity contribution in [3.8, 4) is 5.75 Å². The first-order valence-corrected chi connectivity index (χ1v) is 3.80. The first-order valence-electron chi connectivity index (χ1n) is 3.80. The molecule has 3 nitrogen and oxygen atoms in total. The summed E-state index contributed by atoms with van der Waals surface area (Å²) in [5, 5.41) is 0. The Labute approximate surface area is 76.8 Å². The van der Waals surface area contributed by atoms with E-state index in [1.165, 1.54) is 7.11 Å². The van der Waals surface area contributed by atoms with Crippen molar-refractivity contribution in [2.45, 2.75) is 6.42 Å². The van der Waals surface area contributed by atoms with Crippen molar-refractivity contribution < 1.29 is 9.53 Å². The van der Waals surface area contributed by atoms with Crippen LogP contribution in [0.2, 0.25) is 0 Å². The number of hydrogen-bond donors (Lipinski definition) is 0. The van der Waals surface area contributed by atoms with Gasteiger partial charge in [0.2, 0.25) is 5.69 Å². The minimum atomic E-state index is 0.356. The molecule has 1 aromatic carbocycles. The highest BCUT2D eigenvalue weighted by Gasteiger charge is 2.02. The van der Waals surface area contributed by atoms with Gasteiger partial charge in [0, 0.05) is 6.42 Å². The number of hydrogen-bond acceptors (Lipinski definition) is 2. The molecule has 3 heteroatoms. The Kier molecular flexibility index (Phi) is 3.04. The highest BCUT2D eigenvalue weighted by Crippen LogP contribution is 2.28. The predicted molar refractivity (Wildman–Crippen MR) is 49.0 cm³/mol. The van der Waals surface area contributed by atoms with Gasteiger partial charge >= 0.3 is 0 Å². The molecule has 66 valence electrons. The van der Waals surface area contributed by atoms with E-state index in [1.54, 1.807) is 18.2 Å². The molecule has 13 heavy (non-hydrogen) atoms. The lowest BCUT2D eigenvalue weighted by Gasteiger charge is -2.03. The number of carbonyl (C=O) groups is 1. The molecule has 0 atom stereocenters. The summed E-state index contributed by atoms with van der Waals surface area (Å²) in [6.07, 6.45) is 1.18. The Balaban J connectivity index is 3.07. The van der Waals surface area contributed by atoms with E-state index >= 15 is 0 Å². The van der Waals surface area contributed by atoms with E-state index in [9.17, 15) is 4.79 Å². The molecule has 0 amide bonds. The second-order valence-electron chi connectivity index (χ2n) is 2.49. The molecule has 0 spiro atoms. The van der Waals surface area contributed by atoms with Crippen molar-refractivity contribution in [3.63, 3.8) is 0 Å². The lowest BCUT2D eigenvalue weighted by Crippen LogP contribution is -1.88. The smallest absolute Gasteiger partial charge is 0.228 e. The highest BCUT2D eigenvalue weighted by molar-refractivity contribution is 5.62. The lowest BCUT2D eigenvalue weighted by molar-refractivity contribution is -0.107. The Morgan fingerprint density at radius 3 is 2.92 bits per heavy atom. The number of benzene rings is 1. The van der Waals surface area contributed by atoms with Gasteiger partial charge in [0.1, 0.15) is 12.0 Å². The summed E-state index contributed by atoms with van der Waals surface area (Å²) in [6, 6.07) is 5.12. The quantitative estimate of drug-likeness (QED) is 0.519. The van der Waals surface area contributed by atoms with Gasteiger partial charge in [0.25, 0.3) is 0 Å². The largest absolute Gasteiger partial charge is 0.508 e. The van der Waals surface area contributed by atoms with Crippen LogP contribution in [-0.4, -0.2) is 13.4 Å². The van der Waals surface area contributed by atoms with E-state index in [-0.39, 0.29) is 0 Å². The topological polar surface area (TPSA) is 30.7 Å². The predicted octanol–water partition coefficient (Wildman–Crippen LogP) is 1.99. The van der Waals surface area contributed by atoms with Gasteiger partial charge in [-0.3, -0.25) is 0 Å². The average Bonchev–Trinajstić information content (AvgIpc) is 2.18. The van der Waals surface area contributed by atoms with Crippen LogP contribution in [0, 0.1) is 6.57 Å². The van der Waals surface area contributed by atoms with Gasteiger partial charge in [-0.2, -0.15) is 0 Å². The lowest BCUT2D eigenvalue weighted by atomic mass is 10.1. The van der Waals surface area contributed by atoms with Crippen molar-refractivity contribution in [3.05, 3.63) is 35.2 Å². The van der Waals surface area contributed by atoms with E-state index in [0.29, 0.717) is 17.9 Å².